The summed E-state index contributed by atoms with van der Waals surface area (Å²) >= 11 is 9.32. The molecular formula is C12H17BrCl2N2O2S. The summed E-state index contributed by atoms with van der Waals surface area (Å²) in [7, 11) is -3.55. The third-order valence-corrected chi connectivity index (χ3v) is 6.37. The maximum atomic E-state index is 12.6. The highest BCUT2D eigenvalue weighted by Crippen LogP contribution is 2.33. The molecule has 0 spiro atoms. The van der Waals surface area contributed by atoms with Crippen molar-refractivity contribution in [3.8, 4) is 0 Å². The molecule has 1 aromatic carbocycles. The highest BCUT2D eigenvalue weighted by molar-refractivity contribution is 9.10. The van der Waals surface area contributed by atoms with Crippen LogP contribution in [0.2, 0.25) is 5.02 Å². The molecular weight excluding hydrogens is 387 g/mol. The molecule has 1 aromatic rings. The van der Waals surface area contributed by atoms with Gasteiger partial charge in [0.25, 0.3) is 0 Å². The third-order valence-electron chi connectivity index (χ3n) is 3.42. The lowest BCUT2D eigenvalue weighted by atomic mass is 10.1. The molecule has 2 rings (SSSR count). The fourth-order valence-corrected chi connectivity index (χ4v) is 5.16. The Morgan fingerprint density at radius 1 is 1.50 bits per heavy atom. The molecule has 1 aliphatic rings. The van der Waals surface area contributed by atoms with Crippen molar-refractivity contribution in [1.29, 1.82) is 0 Å². The summed E-state index contributed by atoms with van der Waals surface area (Å²) in [5.74, 6) is 0.221. The molecule has 1 aliphatic heterocycles. The Balaban J connectivity index is 0.00000200. The van der Waals surface area contributed by atoms with E-state index in [0.29, 0.717) is 13.1 Å². The van der Waals surface area contributed by atoms with Gasteiger partial charge < -0.3 is 5.73 Å². The van der Waals surface area contributed by atoms with Gasteiger partial charge in [-0.1, -0.05) is 27.5 Å². The molecule has 2 unspecified atom stereocenters. The minimum atomic E-state index is -3.55. The fourth-order valence-electron chi connectivity index (χ4n) is 2.43. The number of hydrogen-bond acceptors (Lipinski definition) is 3. The minimum Gasteiger partial charge on any atom is -0.330 e. The Kier molecular flexibility index (Phi) is 6.32. The third kappa shape index (κ3) is 3.48. The lowest BCUT2D eigenvalue weighted by Gasteiger charge is -2.21. The highest BCUT2D eigenvalue weighted by atomic mass is 79.9. The van der Waals surface area contributed by atoms with E-state index in [-0.39, 0.29) is 34.3 Å². The van der Waals surface area contributed by atoms with Gasteiger partial charge in [0.15, 0.2) is 0 Å². The zero-order chi connectivity index (χ0) is 14.2. The van der Waals surface area contributed by atoms with Crippen molar-refractivity contribution in [2.45, 2.75) is 24.3 Å². The summed E-state index contributed by atoms with van der Waals surface area (Å²) in [6.07, 6.45) is 0.796. The molecule has 20 heavy (non-hydrogen) atoms. The van der Waals surface area contributed by atoms with Crippen molar-refractivity contribution >= 4 is 50.0 Å². The number of benzene rings is 1. The summed E-state index contributed by atoms with van der Waals surface area (Å²) < 4.78 is 27.5. The molecule has 2 N–H and O–H groups in total. The van der Waals surface area contributed by atoms with Gasteiger partial charge in [-0.25, -0.2) is 8.42 Å². The normalized spacial score (nSPS) is 23.6. The molecule has 0 amide bonds. The van der Waals surface area contributed by atoms with Crippen molar-refractivity contribution in [2.24, 2.45) is 11.7 Å². The molecule has 1 saturated heterocycles. The van der Waals surface area contributed by atoms with Crippen LogP contribution in [0, 0.1) is 5.92 Å². The Morgan fingerprint density at radius 2 is 2.15 bits per heavy atom. The van der Waals surface area contributed by atoms with Crippen LogP contribution in [0.4, 0.5) is 0 Å². The van der Waals surface area contributed by atoms with Gasteiger partial charge in [-0.2, -0.15) is 4.31 Å². The number of sulfonamides is 1. The molecule has 2 atom stereocenters. The van der Waals surface area contributed by atoms with Crippen LogP contribution in [0.25, 0.3) is 0 Å². The zero-order valence-corrected chi connectivity index (χ0v) is 14.9. The van der Waals surface area contributed by atoms with Crippen molar-refractivity contribution < 1.29 is 8.42 Å². The van der Waals surface area contributed by atoms with Crippen LogP contribution in [-0.2, 0) is 10.0 Å². The van der Waals surface area contributed by atoms with Crippen molar-refractivity contribution in [3.05, 3.63) is 27.7 Å². The summed E-state index contributed by atoms with van der Waals surface area (Å²) in [5.41, 5.74) is 5.64. The first-order chi connectivity index (χ1) is 8.86. The van der Waals surface area contributed by atoms with Gasteiger partial charge in [-0.15, -0.1) is 12.4 Å². The Labute approximate surface area is 139 Å². The molecule has 0 radical (unpaired) electrons. The smallest absolute Gasteiger partial charge is 0.244 e. The lowest BCUT2D eigenvalue weighted by Crippen LogP contribution is -2.34. The van der Waals surface area contributed by atoms with Crippen LogP contribution in [0.5, 0.6) is 0 Å². The number of halogens is 3. The topological polar surface area (TPSA) is 63.4 Å². The van der Waals surface area contributed by atoms with E-state index >= 15 is 0 Å². The fraction of sp³-hybridized carbons (Fsp3) is 0.500. The lowest BCUT2D eigenvalue weighted by molar-refractivity contribution is 0.404. The van der Waals surface area contributed by atoms with E-state index in [9.17, 15) is 8.42 Å². The molecule has 8 heteroatoms. The largest absolute Gasteiger partial charge is 0.330 e. The van der Waals surface area contributed by atoms with Crippen LogP contribution >= 0.6 is 39.9 Å². The maximum absolute atomic E-state index is 12.6. The van der Waals surface area contributed by atoms with E-state index in [1.807, 2.05) is 6.92 Å². The molecule has 0 bridgehead atoms. The number of hydrogen-bond donors (Lipinski definition) is 1. The summed E-state index contributed by atoms with van der Waals surface area (Å²) in [5, 5.41) is 0.234. The quantitative estimate of drug-likeness (QED) is 0.843. The van der Waals surface area contributed by atoms with Gasteiger partial charge in [0, 0.05) is 17.1 Å². The van der Waals surface area contributed by atoms with Gasteiger partial charge in [-0.05, 0) is 44.0 Å². The molecule has 0 saturated carbocycles. The average Bonchev–Trinajstić information content (AvgIpc) is 2.70. The molecule has 4 nitrogen and oxygen atoms in total. The Hall–Kier alpha value is 0.150. The second kappa shape index (κ2) is 6.94. The predicted octanol–water partition coefficient (Wildman–Crippen LogP) is 2.88. The van der Waals surface area contributed by atoms with Crippen molar-refractivity contribution in [3.63, 3.8) is 0 Å². The first kappa shape index (κ1) is 18.2. The molecule has 114 valence electrons. The maximum Gasteiger partial charge on any atom is 0.244 e. The molecule has 0 aromatic heterocycles. The molecule has 0 aliphatic carbocycles. The van der Waals surface area contributed by atoms with Gasteiger partial charge in [0.05, 0.1) is 5.02 Å². The van der Waals surface area contributed by atoms with Gasteiger partial charge in [0.1, 0.15) is 4.90 Å². The minimum absolute atomic E-state index is 0. The van der Waals surface area contributed by atoms with Crippen molar-refractivity contribution in [1.82, 2.24) is 4.31 Å². The van der Waals surface area contributed by atoms with E-state index in [0.717, 1.165) is 10.9 Å². The van der Waals surface area contributed by atoms with Gasteiger partial charge in [0.2, 0.25) is 10.0 Å². The molecule has 1 heterocycles. The summed E-state index contributed by atoms with van der Waals surface area (Å²) in [4.78, 5) is 0.155. The number of rotatable bonds is 3. The zero-order valence-electron chi connectivity index (χ0n) is 10.9. The predicted molar refractivity (Wildman–Crippen MR) is 86.9 cm³/mol. The van der Waals surface area contributed by atoms with E-state index < -0.39 is 10.0 Å². The van der Waals surface area contributed by atoms with E-state index in [4.69, 9.17) is 17.3 Å². The van der Waals surface area contributed by atoms with Crippen LogP contribution in [0.3, 0.4) is 0 Å². The van der Waals surface area contributed by atoms with E-state index in [1.54, 1.807) is 12.1 Å². The van der Waals surface area contributed by atoms with Gasteiger partial charge in [-0.3, -0.25) is 0 Å². The highest BCUT2D eigenvalue weighted by Gasteiger charge is 2.38. The second-order valence-electron chi connectivity index (χ2n) is 4.84. The second-order valence-corrected chi connectivity index (χ2v) is 8.02. The Morgan fingerprint density at radius 3 is 2.65 bits per heavy atom. The monoisotopic (exact) mass is 402 g/mol. The summed E-state index contributed by atoms with van der Waals surface area (Å²) in [6.45, 7) is 2.87. The van der Waals surface area contributed by atoms with Crippen molar-refractivity contribution in [2.75, 3.05) is 13.1 Å². The standard InChI is InChI=1S/C12H16BrClN2O2S.ClH/c1-8-4-9(6-15)7-16(8)19(17,18)12-3-2-10(13)5-11(12)14;/h2-3,5,8-9H,4,6-7,15H2,1H3;1H. The SMILES string of the molecule is CC1CC(CN)CN1S(=O)(=O)c1ccc(Br)cc1Cl.Cl. The van der Waals surface area contributed by atoms with Crippen LogP contribution in [0.1, 0.15) is 13.3 Å². The number of nitrogens with zero attached hydrogens (tertiary/aromatic N) is 1. The van der Waals surface area contributed by atoms with Crippen LogP contribution < -0.4 is 5.73 Å². The van der Waals surface area contributed by atoms with E-state index in [2.05, 4.69) is 15.9 Å². The molecule has 1 fully saturated rings. The number of nitrogens with two attached hydrogens (primary N) is 1. The van der Waals surface area contributed by atoms with Gasteiger partial charge >= 0.3 is 0 Å². The van der Waals surface area contributed by atoms with Crippen LogP contribution in [-0.4, -0.2) is 31.9 Å². The first-order valence-electron chi connectivity index (χ1n) is 6.03. The first-order valence-corrected chi connectivity index (χ1v) is 8.64. The average molecular weight is 404 g/mol. The Bertz CT molecular complexity index is 583. The summed E-state index contributed by atoms with van der Waals surface area (Å²) in [6, 6.07) is 4.76. The van der Waals surface area contributed by atoms with E-state index in [1.165, 1.54) is 10.4 Å². The van der Waals surface area contributed by atoms with Crippen LogP contribution in [0.15, 0.2) is 27.6 Å².